The van der Waals surface area contributed by atoms with Crippen LogP contribution in [-0.4, -0.2) is 69.9 Å². The van der Waals surface area contributed by atoms with Crippen LogP contribution >= 0.6 is 23.5 Å². The van der Waals surface area contributed by atoms with Gasteiger partial charge in [0.15, 0.2) is 0 Å². The van der Waals surface area contributed by atoms with Crippen LogP contribution in [0.15, 0.2) is 0 Å². The topological polar surface area (TPSA) is 245 Å². The summed E-state index contributed by atoms with van der Waals surface area (Å²) >= 11 is 0. The van der Waals surface area contributed by atoms with Crippen molar-refractivity contribution in [3.63, 3.8) is 0 Å². The first-order valence-corrected chi connectivity index (χ1v) is 6.83. The third-order valence-corrected chi connectivity index (χ3v) is 0. The molecule has 0 rings (SSSR count). The molecular weight excluding hydrogens is 373 g/mol. The van der Waals surface area contributed by atoms with Crippen LogP contribution in [0.2, 0.25) is 0 Å². The Morgan fingerprint density at radius 1 is 0.688 bits per heavy atom. The van der Waals surface area contributed by atoms with Gasteiger partial charge in [0, 0.05) is 0 Å². The Kier molecular flexibility index (Phi) is 17.7. The minimum Gasteiger partial charge on any atom is -0.790 e. The standard InChI is InChI=1S/3H3O4P.Sr/c3*1-5(2,3)4;/h3*(H3,1,2,3,4);/q;;;+2/p-2. The normalized spacial score (nSPS) is 11.1. The van der Waals surface area contributed by atoms with Crippen molar-refractivity contribution in [1.82, 2.24) is 0 Å². The molecule has 12 nitrogen and oxygen atoms in total. The Labute approximate surface area is 129 Å². The molecule has 0 unspecified atom stereocenters. The summed E-state index contributed by atoms with van der Waals surface area (Å²) in [6.45, 7) is 0. The minimum absolute atomic E-state index is 0. The Morgan fingerprint density at radius 3 is 0.688 bits per heavy atom. The van der Waals surface area contributed by atoms with Gasteiger partial charge in [-0.2, -0.15) is 0 Å². The fourth-order valence-corrected chi connectivity index (χ4v) is 0. The Balaban J connectivity index is -0.0000000277. The van der Waals surface area contributed by atoms with Gasteiger partial charge in [-0.1, -0.05) is 0 Å². The van der Waals surface area contributed by atoms with E-state index in [1.54, 1.807) is 0 Å². The van der Waals surface area contributed by atoms with Gasteiger partial charge in [-0.3, -0.25) is 0 Å². The van der Waals surface area contributed by atoms with Gasteiger partial charge in [-0.15, -0.1) is 0 Å². The molecule has 96 valence electrons. The summed E-state index contributed by atoms with van der Waals surface area (Å²) in [7, 11) is -14.9. The molecule has 0 heterocycles. The van der Waals surface area contributed by atoms with Gasteiger partial charge in [-0.05, 0) is 0 Å². The molecule has 0 spiro atoms. The molecule has 16 heteroatoms. The van der Waals surface area contributed by atoms with Gasteiger partial charge in [-0.25, -0.2) is 4.57 Å². The molecule has 0 saturated heterocycles. The Hall–Kier alpha value is 1.81. The third kappa shape index (κ3) is 1060. The van der Waals surface area contributed by atoms with Gasteiger partial charge in [0.1, 0.15) is 0 Å². The fourth-order valence-electron chi connectivity index (χ4n) is 0. The second-order valence-corrected chi connectivity index (χ2v) is 4.35. The van der Waals surface area contributed by atoms with Crippen molar-refractivity contribution in [2.45, 2.75) is 0 Å². The van der Waals surface area contributed by atoms with E-state index in [2.05, 4.69) is 0 Å². The van der Waals surface area contributed by atoms with Crippen molar-refractivity contribution in [3.8, 4) is 0 Å². The van der Waals surface area contributed by atoms with E-state index in [1.165, 1.54) is 0 Å². The average Bonchev–Trinajstić information content (AvgIpc) is 1.41. The van der Waals surface area contributed by atoms with Crippen molar-refractivity contribution >= 4 is 68.9 Å². The van der Waals surface area contributed by atoms with Crippen LogP contribution in [0.3, 0.4) is 0 Å². The first-order valence-electron chi connectivity index (χ1n) is 2.28. The van der Waals surface area contributed by atoms with Crippen molar-refractivity contribution < 1.29 is 60.6 Å². The van der Waals surface area contributed by atoms with Crippen LogP contribution in [0.25, 0.3) is 0 Å². The van der Waals surface area contributed by atoms with E-state index in [4.69, 9.17) is 57.7 Å². The largest absolute Gasteiger partial charge is 2.00 e. The summed E-state index contributed by atoms with van der Waals surface area (Å²) in [6.07, 6.45) is 0. The molecule has 5 N–H and O–H groups in total. The van der Waals surface area contributed by atoms with E-state index in [9.17, 15) is 0 Å². The van der Waals surface area contributed by atoms with Crippen LogP contribution in [0.5, 0.6) is 0 Å². The predicted octanol–water partition coefficient (Wildman–Crippen LogP) is -5.47. The quantitative estimate of drug-likeness (QED) is 0.195. The van der Waals surface area contributed by atoms with Crippen LogP contribution < -0.4 is 19.6 Å². The fraction of sp³-hybridized carbons (Fsp3) is 0. The molecule has 0 aliphatic carbocycles. The van der Waals surface area contributed by atoms with Crippen molar-refractivity contribution in [3.05, 3.63) is 0 Å². The van der Waals surface area contributed by atoms with Gasteiger partial charge in [0.2, 0.25) is 0 Å². The first kappa shape index (κ1) is 26.4. The zero-order chi connectivity index (χ0) is 13.5. The van der Waals surface area contributed by atoms with E-state index >= 15 is 0 Å². The van der Waals surface area contributed by atoms with E-state index < -0.39 is 23.5 Å². The first-order chi connectivity index (χ1) is 6.00. The van der Waals surface area contributed by atoms with Crippen molar-refractivity contribution in [2.75, 3.05) is 0 Å². The second-order valence-electron chi connectivity index (χ2n) is 1.45. The van der Waals surface area contributed by atoms with Crippen molar-refractivity contribution in [2.24, 2.45) is 0 Å². The van der Waals surface area contributed by atoms with Crippen LogP contribution in [-0.2, 0) is 13.7 Å². The third-order valence-electron chi connectivity index (χ3n) is 0. The molecule has 0 bridgehead atoms. The number of rotatable bonds is 0. The molecule has 0 fully saturated rings. The number of hydrogen-bond donors (Lipinski definition) is 5. The molecule has 0 amide bonds. The molecule has 0 aromatic rings. The average molecular weight is 380 g/mol. The van der Waals surface area contributed by atoms with Gasteiger partial charge < -0.3 is 53.2 Å². The van der Waals surface area contributed by atoms with E-state index in [-0.39, 0.29) is 48.3 Å². The molecule has 0 saturated carbocycles. The zero-order valence-electron chi connectivity index (χ0n) is 9.14. The molecule has 0 radical (unpaired) electrons. The van der Waals surface area contributed by atoms with Crippen LogP contribution in [0.4, 0.5) is 0 Å². The molecule has 0 aliphatic heterocycles. The molecule has 0 aliphatic rings. The maximum atomic E-state index is 8.88. The summed E-state index contributed by atoms with van der Waals surface area (Å²) in [4.78, 5) is 70.1. The maximum Gasteiger partial charge on any atom is 2.00 e. The molecule has 16 heavy (non-hydrogen) atoms. The van der Waals surface area contributed by atoms with Gasteiger partial charge in [0.05, 0.1) is 15.6 Å². The second kappa shape index (κ2) is 10.7. The summed E-state index contributed by atoms with van der Waals surface area (Å²) < 4.78 is 26.2. The number of phosphoric acid groups is 3. The molecule has 0 aromatic carbocycles. The SMILES string of the molecule is O=P(O)(O)O.O=P([O-])([O-])O.O=P([O-])([O-])O.[H+].[H+].[Sr+2]. The Morgan fingerprint density at radius 2 is 0.688 bits per heavy atom. The van der Waals surface area contributed by atoms with E-state index in [1.807, 2.05) is 0 Å². The molecule has 0 atom stereocenters. The predicted molar refractivity (Wildman–Crippen MR) is 41.9 cm³/mol. The molecular formula is H7O12P3Sr. The van der Waals surface area contributed by atoms with Gasteiger partial charge in [0.25, 0.3) is 0 Å². The summed E-state index contributed by atoms with van der Waals surface area (Å²) in [5.74, 6) is 0. The molecule has 0 aromatic heterocycles. The van der Waals surface area contributed by atoms with Crippen LogP contribution in [0.1, 0.15) is 2.85 Å². The Bertz CT molecular complexity index is 211. The minimum atomic E-state index is -5.14. The van der Waals surface area contributed by atoms with Gasteiger partial charge >= 0.3 is 56.2 Å². The summed E-state index contributed by atoms with van der Waals surface area (Å²) in [6, 6.07) is 0. The summed E-state index contributed by atoms with van der Waals surface area (Å²) in [5.41, 5.74) is 0. The van der Waals surface area contributed by atoms with E-state index in [0.717, 1.165) is 0 Å². The van der Waals surface area contributed by atoms with E-state index in [0.29, 0.717) is 0 Å². The maximum absolute atomic E-state index is 8.88. The van der Waals surface area contributed by atoms with Crippen LogP contribution in [0, 0.1) is 0 Å². The number of hydrogen-bond acceptors (Lipinski definition) is 7. The smallest absolute Gasteiger partial charge is 0.790 e. The summed E-state index contributed by atoms with van der Waals surface area (Å²) in [5, 5.41) is 0. The van der Waals surface area contributed by atoms with Crippen molar-refractivity contribution in [1.29, 1.82) is 0 Å². The monoisotopic (exact) mass is 380 g/mol. The zero-order valence-corrected chi connectivity index (χ0v) is 13.3.